The fraction of sp³-hybridized carbons (Fsp3) is 0.438. The van der Waals surface area contributed by atoms with Gasteiger partial charge in [-0.1, -0.05) is 18.2 Å². The number of hydrogen-bond acceptors (Lipinski definition) is 4. The van der Waals surface area contributed by atoms with Crippen molar-refractivity contribution >= 4 is 17.8 Å². The lowest BCUT2D eigenvalue weighted by Gasteiger charge is -2.30. The number of carboxylic acid groups (broad SMARTS) is 1. The SMILES string of the molecule is CC(NC(=O)C1CC(NC(=O)c2ccccc2)CCN1)C(=O)O. The molecule has 1 aromatic carbocycles. The van der Waals surface area contributed by atoms with E-state index in [0.29, 0.717) is 18.5 Å². The lowest BCUT2D eigenvalue weighted by Crippen LogP contribution is -2.55. The molecule has 1 saturated heterocycles. The Labute approximate surface area is 134 Å². The Bertz CT molecular complexity index is 576. The predicted molar refractivity (Wildman–Crippen MR) is 84.0 cm³/mol. The third-order valence-corrected chi connectivity index (χ3v) is 3.82. The quantitative estimate of drug-likeness (QED) is 0.617. The highest BCUT2D eigenvalue weighted by Crippen LogP contribution is 2.10. The zero-order chi connectivity index (χ0) is 16.8. The average molecular weight is 319 g/mol. The second-order valence-electron chi connectivity index (χ2n) is 5.64. The summed E-state index contributed by atoms with van der Waals surface area (Å²) in [4.78, 5) is 35.0. The van der Waals surface area contributed by atoms with Crippen molar-refractivity contribution in [3.05, 3.63) is 35.9 Å². The van der Waals surface area contributed by atoms with Gasteiger partial charge in [0.05, 0.1) is 6.04 Å². The zero-order valence-electron chi connectivity index (χ0n) is 12.9. The number of carbonyl (C=O) groups excluding carboxylic acids is 2. The number of carboxylic acids is 1. The first-order valence-corrected chi connectivity index (χ1v) is 7.60. The van der Waals surface area contributed by atoms with Gasteiger partial charge < -0.3 is 21.1 Å². The maximum absolute atomic E-state index is 12.1. The van der Waals surface area contributed by atoms with Crippen LogP contribution >= 0.6 is 0 Å². The van der Waals surface area contributed by atoms with E-state index in [1.165, 1.54) is 6.92 Å². The standard InChI is InChI=1S/C16H21N3O4/c1-10(16(22)23)18-15(21)13-9-12(7-8-17-13)19-14(20)11-5-3-2-4-6-11/h2-6,10,12-13,17H,7-9H2,1H3,(H,18,21)(H,19,20)(H,22,23). The molecule has 2 rings (SSSR count). The van der Waals surface area contributed by atoms with E-state index in [4.69, 9.17) is 5.11 Å². The molecule has 124 valence electrons. The fourth-order valence-corrected chi connectivity index (χ4v) is 2.48. The lowest BCUT2D eigenvalue weighted by atomic mass is 9.98. The van der Waals surface area contributed by atoms with Crippen molar-refractivity contribution in [1.82, 2.24) is 16.0 Å². The molecule has 0 bridgehead atoms. The summed E-state index contributed by atoms with van der Waals surface area (Å²) in [5, 5.41) is 17.2. The summed E-state index contributed by atoms with van der Waals surface area (Å²) < 4.78 is 0. The molecule has 1 heterocycles. The van der Waals surface area contributed by atoms with E-state index >= 15 is 0 Å². The minimum atomic E-state index is -1.08. The molecule has 2 amide bonds. The van der Waals surface area contributed by atoms with Gasteiger partial charge in [-0.15, -0.1) is 0 Å². The van der Waals surface area contributed by atoms with Crippen molar-refractivity contribution in [3.8, 4) is 0 Å². The van der Waals surface area contributed by atoms with E-state index in [1.807, 2.05) is 6.07 Å². The molecule has 1 fully saturated rings. The average Bonchev–Trinajstić information content (AvgIpc) is 2.55. The second kappa shape index (κ2) is 7.73. The first-order chi connectivity index (χ1) is 11.0. The van der Waals surface area contributed by atoms with Crippen LogP contribution in [0.3, 0.4) is 0 Å². The molecule has 0 radical (unpaired) electrons. The van der Waals surface area contributed by atoms with E-state index < -0.39 is 18.1 Å². The molecule has 1 aliphatic heterocycles. The van der Waals surface area contributed by atoms with Crippen LogP contribution in [0.15, 0.2) is 30.3 Å². The van der Waals surface area contributed by atoms with Crippen LogP contribution in [0.2, 0.25) is 0 Å². The Morgan fingerprint density at radius 2 is 1.96 bits per heavy atom. The van der Waals surface area contributed by atoms with Gasteiger partial charge in [0, 0.05) is 11.6 Å². The van der Waals surface area contributed by atoms with Crippen molar-refractivity contribution in [2.24, 2.45) is 0 Å². The van der Waals surface area contributed by atoms with Gasteiger partial charge in [-0.2, -0.15) is 0 Å². The van der Waals surface area contributed by atoms with Crippen LogP contribution in [0, 0.1) is 0 Å². The largest absolute Gasteiger partial charge is 0.480 e. The maximum atomic E-state index is 12.1. The van der Waals surface area contributed by atoms with E-state index in [0.717, 1.165) is 6.42 Å². The van der Waals surface area contributed by atoms with Crippen molar-refractivity contribution in [1.29, 1.82) is 0 Å². The van der Waals surface area contributed by atoms with Crippen LogP contribution in [0.25, 0.3) is 0 Å². The fourth-order valence-electron chi connectivity index (χ4n) is 2.48. The van der Waals surface area contributed by atoms with Crippen LogP contribution in [-0.2, 0) is 9.59 Å². The van der Waals surface area contributed by atoms with E-state index in [9.17, 15) is 14.4 Å². The van der Waals surface area contributed by atoms with Gasteiger partial charge >= 0.3 is 5.97 Å². The maximum Gasteiger partial charge on any atom is 0.325 e. The summed E-state index contributed by atoms with van der Waals surface area (Å²) in [5.74, 6) is -1.61. The normalized spacial score (nSPS) is 22.0. The van der Waals surface area contributed by atoms with Gasteiger partial charge in [-0.25, -0.2) is 0 Å². The number of hydrogen-bond donors (Lipinski definition) is 4. The summed E-state index contributed by atoms with van der Waals surface area (Å²) in [6, 6.07) is 7.31. The molecular formula is C16H21N3O4. The molecule has 23 heavy (non-hydrogen) atoms. The van der Waals surface area contributed by atoms with Crippen LogP contribution in [0.4, 0.5) is 0 Å². The third kappa shape index (κ3) is 4.79. The number of carbonyl (C=O) groups is 3. The molecule has 0 saturated carbocycles. The number of aliphatic carboxylic acids is 1. The van der Waals surface area contributed by atoms with Crippen LogP contribution in [0.1, 0.15) is 30.1 Å². The monoisotopic (exact) mass is 319 g/mol. The molecule has 1 aromatic rings. The van der Waals surface area contributed by atoms with Gasteiger partial charge in [0.15, 0.2) is 0 Å². The Balaban J connectivity index is 1.89. The Kier molecular flexibility index (Phi) is 5.70. The van der Waals surface area contributed by atoms with Gasteiger partial charge in [-0.3, -0.25) is 14.4 Å². The zero-order valence-corrected chi connectivity index (χ0v) is 12.9. The van der Waals surface area contributed by atoms with E-state index in [-0.39, 0.29) is 17.9 Å². The first kappa shape index (κ1) is 17.0. The van der Waals surface area contributed by atoms with Crippen LogP contribution in [0.5, 0.6) is 0 Å². The predicted octanol–water partition coefficient (Wildman–Crippen LogP) is 0.126. The number of amides is 2. The Morgan fingerprint density at radius 1 is 1.26 bits per heavy atom. The Hall–Kier alpha value is -2.41. The molecule has 7 heteroatoms. The molecule has 0 aliphatic carbocycles. The number of benzene rings is 1. The smallest absolute Gasteiger partial charge is 0.325 e. The lowest BCUT2D eigenvalue weighted by molar-refractivity contribution is -0.141. The molecule has 0 aromatic heterocycles. The van der Waals surface area contributed by atoms with Crippen LogP contribution < -0.4 is 16.0 Å². The summed E-state index contributed by atoms with van der Waals surface area (Å²) in [6.45, 7) is 2.00. The number of nitrogens with one attached hydrogen (secondary N) is 3. The summed E-state index contributed by atoms with van der Waals surface area (Å²) >= 11 is 0. The van der Waals surface area contributed by atoms with Crippen molar-refractivity contribution < 1.29 is 19.5 Å². The van der Waals surface area contributed by atoms with Crippen molar-refractivity contribution in [3.63, 3.8) is 0 Å². The first-order valence-electron chi connectivity index (χ1n) is 7.60. The van der Waals surface area contributed by atoms with Gasteiger partial charge in [-0.05, 0) is 38.4 Å². The molecule has 4 N–H and O–H groups in total. The van der Waals surface area contributed by atoms with Gasteiger partial charge in [0.25, 0.3) is 5.91 Å². The van der Waals surface area contributed by atoms with Crippen molar-refractivity contribution in [2.45, 2.75) is 37.9 Å². The van der Waals surface area contributed by atoms with Crippen molar-refractivity contribution in [2.75, 3.05) is 6.54 Å². The topological polar surface area (TPSA) is 108 Å². The molecular weight excluding hydrogens is 298 g/mol. The van der Waals surface area contributed by atoms with E-state index in [1.54, 1.807) is 24.3 Å². The Morgan fingerprint density at radius 3 is 2.61 bits per heavy atom. The highest BCUT2D eigenvalue weighted by atomic mass is 16.4. The minimum Gasteiger partial charge on any atom is -0.480 e. The molecule has 1 aliphatic rings. The molecule has 3 unspecified atom stereocenters. The summed E-state index contributed by atoms with van der Waals surface area (Å²) in [6.07, 6.45) is 1.15. The molecule has 0 spiro atoms. The number of piperidine rings is 1. The summed E-state index contributed by atoms with van der Waals surface area (Å²) in [7, 11) is 0. The minimum absolute atomic E-state index is 0.125. The third-order valence-electron chi connectivity index (χ3n) is 3.82. The van der Waals surface area contributed by atoms with Crippen LogP contribution in [-0.4, -0.2) is 47.6 Å². The highest BCUT2D eigenvalue weighted by molar-refractivity contribution is 5.94. The van der Waals surface area contributed by atoms with Gasteiger partial charge in [0.2, 0.25) is 5.91 Å². The molecule has 7 nitrogen and oxygen atoms in total. The summed E-state index contributed by atoms with van der Waals surface area (Å²) in [5.41, 5.74) is 0.575. The number of rotatable bonds is 5. The van der Waals surface area contributed by atoms with E-state index in [2.05, 4.69) is 16.0 Å². The molecule has 3 atom stereocenters. The second-order valence-corrected chi connectivity index (χ2v) is 5.64. The highest BCUT2D eigenvalue weighted by Gasteiger charge is 2.29. The van der Waals surface area contributed by atoms with Gasteiger partial charge in [0.1, 0.15) is 6.04 Å².